The lowest BCUT2D eigenvalue weighted by Gasteiger charge is -2.12. The smallest absolute Gasteiger partial charge is 0.0165 e. The Morgan fingerprint density at radius 1 is 1.25 bits per heavy atom. The zero-order valence-electron chi connectivity index (χ0n) is 8.80. The number of allylic oxidation sites excluding steroid dienone is 1. The van der Waals surface area contributed by atoms with Gasteiger partial charge in [0.25, 0.3) is 0 Å². The van der Waals surface area contributed by atoms with E-state index in [1.807, 2.05) is 0 Å². The Bertz CT molecular complexity index is 158. The third-order valence-corrected chi connectivity index (χ3v) is 2.82. The second-order valence-corrected chi connectivity index (χ2v) is 4.45. The van der Waals surface area contributed by atoms with Gasteiger partial charge in [0.05, 0.1) is 0 Å². The van der Waals surface area contributed by atoms with E-state index in [9.17, 15) is 0 Å². The summed E-state index contributed by atoms with van der Waals surface area (Å²) in [6.45, 7) is 12.8. The molecule has 0 saturated carbocycles. The van der Waals surface area contributed by atoms with Crippen LogP contribution < -0.4 is 0 Å². The van der Waals surface area contributed by atoms with Gasteiger partial charge < -0.3 is 0 Å². The van der Waals surface area contributed by atoms with Crippen molar-refractivity contribution in [2.75, 3.05) is 19.6 Å². The average Bonchev–Trinajstić information content (AvgIpc) is 2.28. The largest absolute Gasteiger partial charge is 0.299 e. The van der Waals surface area contributed by atoms with Crippen molar-refractivity contribution in [1.82, 2.24) is 4.90 Å². The molecule has 1 heterocycles. The minimum Gasteiger partial charge on any atom is -0.299 e. The summed E-state index contributed by atoms with van der Waals surface area (Å²) in [5, 5.41) is 0. The lowest BCUT2D eigenvalue weighted by atomic mass is 10.0. The van der Waals surface area contributed by atoms with Gasteiger partial charge in [-0.05, 0) is 25.7 Å². The molecule has 0 aromatic heterocycles. The van der Waals surface area contributed by atoms with Crippen LogP contribution in [0.5, 0.6) is 0 Å². The zero-order chi connectivity index (χ0) is 9.14. The molecule has 1 rings (SSSR count). The summed E-state index contributed by atoms with van der Waals surface area (Å²) in [4.78, 5) is 2.54. The Morgan fingerprint density at radius 2 is 1.75 bits per heavy atom. The highest BCUT2D eigenvalue weighted by Gasteiger charge is 2.24. The first-order chi connectivity index (χ1) is 5.59. The van der Waals surface area contributed by atoms with E-state index in [2.05, 4.69) is 38.7 Å². The van der Waals surface area contributed by atoms with Crippen molar-refractivity contribution < 1.29 is 0 Å². The summed E-state index contributed by atoms with van der Waals surface area (Å²) in [6, 6.07) is 0. The molecular formula is C11H21N. The molecule has 2 unspecified atom stereocenters. The molecule has 1 aliphatic rings. The lowest BCUT2D eigenvalue weighted by Crippen LogP contribution is -2.20. The van der Waals surface area contributed by atoms with Crippen molar-refractivity contribution in [2.24, 2.45) is 11.8 Å². The summed E-state index contributed by atoms with van der Waals surface area (Å²) < 4.78 is 0. The second-order valence-electron chi connectivity index (χ2n) is 4.45. The molecule has 0 aromatic carbocycles. The Kier molecular flexibility index (Phi) is 3.33. The van der Waals surface area contributed by atoms with Crippen LogP contribution in [0.3, 0.4) is 0 Å². The molecular weight excluding hydrogens is 146 g/mol. The molecule has 12 heavy (non-hydrogen) atoms. The minimum absolute atomic E-state index is 0.885. The van der Waals surface area contributed by atoms with Gasteiger partial charge in [-0.25, -0.2) is 0 Å². The molecule has 0 spiro atoms. The van der Waals surface area contributed by atoms with Crippen molar-refractivity contribution in [3.8, 4) is 0 Å². The van der Waals surface area contributed by atoms with Gasteiger partial charge in [-0.3, -0.25) is 4.90 Å². The monoisotopic (exact) mass is 167 g/mol. The van der Waals surface area contributed by atoms with Gasteiger partial charge in [0.2, 0.25) is 0 Å². The zero-order valence-corrected chi connectivity index (χ0v) is 8.80. The number of hydrogen-bond donors (Lipinski definition) is 0. The van der Waals surface area contributed by atoms with Crippen LogP contribution in [0.2, 0.25) is 0 Å². The Morgan fingerprint density at radius 3 is 2.17 bits per heavy atom. The Balaban J connectivity index is 2.33. The number of nitrogens with zero attached hydrogens (tertiary/aromatic N) is 1. The van der Waals surface area contributed by atoms with E-state index in [1.165, 1.54) is 18.7 Å². The van der Waals surface area contributed by atoms with Crippen LogP contribution in [0.25, 0.3) is 0 Å². The topological polar surface area (TPSA) is 3.24 Å². The number of rotatable bonds is 2. The van der Waals surface area contributed by atoms with Gasteiger partial charge in [-0.2, -0.15) is 0 Å². The first-order valence-electron chi connectivity index (χ1n) is 4.95. The number of likely N-dealkylation sites (tertiary alicyclic amines) is 1. The maximum absolute atomic E-state index is 2.54. The SMILES string of the molecule is CC(C)=CCN1CC(C)C(C)C1. The van der Waals surface area contributed by atoms with Gasteiger partial charge in [0.15, 0.2) is 0 Å². The fourth-order valence-electron chi connectivity index (χ4n) is 1.71. The first kappa shape index (κ1) is 9.79. The minimum atomic E-state index is 0.885. The molecule has 2 atom stereocenters. The van der Waals surface area contributed by atoms with Crippen LogP contribution in [-0.4, -0.2) is 24.5 Å². The second kappa shape index (κ2) is 4.08. The van der Waals surface area contributed by atoms with Crippen LogP contribution in [0, 0.1) is 11.8 Å². The normalized spacial score (nSPS) is 30.7. The highest BCUT2D eigenvalue weighted by atomic mass is 15.1. The molecule has 1 heteroatoms. The molecule has 1 aliphatic heterocycles. The van der Waals surface area contributed by atoms with E-state index in [-0.39, 0.29) is 0 Å². The first-order valence-corrected chi connectivity index (χ1v) is 4.95. The van der Waals surface area contributed by atoms with Gasteiger partial charge in [-0.15, -0.1) is 0 Å². The summed E-state index contributed by atoms with van der Waals surface area (Å²) >= 11 is 0. The van der Waals surface area contributed by atoms with Crippen molar-refractivity contribution >= 4 is 0 Å². The fraction of sp³-hybridized carbons (Fsp3) is 0.818. The van der Waals surface area contributed by atoms with Crippen LogP contribution >= 0.6 is 0 Å². The van der Waals surface area contributed by atoms with Crippen molar-refractivity contribution in [3.05, 3.63) is 11.6 Å². The van der Waals surface area contributed by atoms with Gasteiger partial charge in [0, 0.05) is 19.6 Å². The maximum atomic E-state index is 2.54. The average molecular weight is 167 g/mol. The molecule has 1 saturated heterocycles. The van der Waals surface area contributed by atoms with Crippen molar-refractivity contribution in [2.45, 2.75) is 27.7 Å². The summed E-state index contributed by atoms with van der Waals surface area (Å²) in [6.07, 6.45) is 2.32. The van der Waals surface area contributed by atoms with Gasteiger partial charge in [-0.1, -0.05) is 25.5 Å². The van der Waals surface area contributed by atoms with E-state index >= 15 is 0 Å². The summed E-state index contributed by atoms with van der Waals surface area (Å²) in [5.41, 5.74) is 1.43. The molecule has 1 nitrogen and oxygen atoms in total. The van der Waals surface area contributed by atoms with E-state index in [0.29, 0.717) is 0 Å². The molecule has 0 N–H and O–H groups in total. The van der Waals surface area contributed by atoms with Crippen LogP contribution in [0.4, 0.5) is 0 Å². The summed E-state index contributed by atoms with van der Waals surface area (Å²) in [5.74, 6) is 1.77. The highest BCUT2D eigenvalue weighted by molar-refractivity contribution is 4.96. The van der Waals surface area contributed by atoms with Crippen molar-refractivity contribution in [1.29, 1.82) is 0 Å². The number of hydrogen-bond acceptors (Lipinski definition) is 1. The Hall–Kier alpha value is -0.300. The molecule has 0 bridgehead atoms. The predicted octanol–water partition coefficient (Wildman–Crippen LogP) is 2.54. The van der Waals surface area contributed by atoms with E-state index in [1.54, 1.807) is 0 Å². The third-order valence-electron chi connectivity index (χ3n) is 2.82. The van der Waals surface area contributed by atoms with Crippen LogP contribution in [-0.2, 0) is 0 Å². The lowest BCUT2D eigenvalue weighted by molar-refractivity contribution is 0.359. The molecule has 1 fully saturated rings. The van der Waals surface area contributed by atoms with Crippen molar-refractivity contribution in [3.63, 3.8) is 0 Å². The van der Waals surface area contributed by atoms with Gasteiger partial charge in [0.1, 0.15) is 0 Å². The third kappa shape index (κ3) is 2.63. The van der Waals surface area contributed by atoms with E-state index < -0.39 is 0 Å². The van der Waals surface area contributed by atoms with E-state index in [0.717, 1.165) is 18.4 Å². The Labute approximate surface area is 76.5 Å². The highest BCUT2D eigenvalue weighted by Crippen LogP contribution is 2.21. The maximum Gasteiger partial charge on any atom is 0.0165 e. The summed E-state index contributed by atoms with van der Waals surface area (Å²) in [7, 11) is 0. The van der Waals surface area contributed by atoms with E-state index in [4.69, 9.17) is 0 Å². The van der Waals surface area contributed by atoms with Crippen LogP contribution in [0.15, 0.2) is 11.6 Å². The molecule has 0 amide bonds. The standard InChI is InChI=1S/C11H21N/c1-9(2)5-6-12-7-10(3)11(4)8-12/h5,10-11H,6-8H2,1-4H3. The van der Waals surface area contributed by atoms with Gasteiger partial charge >= 0.3 is 0 Å². The predicted molar refractivity (Wildman–Crippen MR) is 54.2 cm³/mol. The fourth-order valence-corrected chi connectivity index (χ4v) is 1.71. The van der Waals surface area contributed by atoms with Crippen LogP contribution in [0.1, 0.15) is 27.7 Å². The molecule has 0 aromatic rings. The quantitative estimate of drug-likeness (QED) is 0.571. The molecule has 0 aliphatic carbocycles. The molecule has 70 valence electrons. The molecule has 0 radical (unpaired) electrons.